The number of carbonyl (C=O) groups excluding carboxylic acids is 1. The Morgan fingerprint density at radius 3 is 1.83 bits per heavy atom. The van der Waals surface area contributed by atoms with Crippen molar-refractivity contribution in [1.82, 2.24) is 4.31 Å². The van der Waals surface area contributed by atoms with Crippen LogP contribution in [0.3, 0.4) is 0 Å². The van der Waals surface area contributed by atoms with Crippen molar-refractivity contribution in [2.75, 3.05) is 29.3 Å². The molecule has 0 atom stereocenters. The van der Waals surface area contributed by atoms with Gasteiger partial charge >= 0.3 is 0 Å². The summed E-state index contributed by atoms with van der Waals surface area (Å²) >= 11 is 0. The molecule has 0 bridgehead atoms. The van der Waals surface area contributed by atoms with Crippen molar-refractivity contribution in [1.29, 1.82) is 0 Å². The predicted octanol–water partition coefficient (Wildman–Crippen LogP) is 3.92. The van der Waals surface area contributed by atoms with Gasteiger partial charge in [-0.1, -0.05) is 35.4 Å². The summed E-state index contributed by atoms with van der Waals surface area (Å²) < 4.78 is 54.9. The summed E-state index contributed by atoms with van der Waals surface area (Å²) in [5, 5.41) is 2.68. The summed E-state index contributed by atoms with van der Waals surface area (Å²) in [5.41, 5.74) is 2.61. The van der Waals surface area contributed by atoms with Crippen molar-refractivity contribution in [2.24, 2.45) is 0 Å². The molecule has 1 amide bonds. The normalized spacial score (nSPS) is 14.5. The van der Waals surface area contributed by atoms with Crippen LogP contribution in [0.25, 0.3) is 0 Å². The average Bonchev–Trinajstić information content (AvgIpc) is 3.40. The van der Waals surface area contributed by atoms with Gasteiger partial charge in [0.25, 0.3) is 10.0 Å². The zero-order chi connectivity index (χ0) is 25.9. The zero-order valence-corrected chi connectivity index (χ0v) is 21.8. The van der Waals surface area contributed by atoms with Crippen LogP contribution in [-0.4, -0.2) is 46.7 Å². The molecule has 1 aliphatic heterocycles. The molecule has 3 aromatic rings. The van der Waals surface area contributed by atoms with E-state index in [1.165, 1.54) is 40.7 Å². The number of hydrogen-bond acceptors (Lipinski definition) is 5. The molecular formula is C26H29N3O5S2. The second-order valence-corrected chi connectivity index (χ2v) is 12.6. The second kappa shape index (κ2) is 10.4. The molecule has 36 heavy (non-hydrogen) atoms. The lowest BCUT2D eigenvalue weighted by atomic mass is 10.2. The van der Waals surface area contributed by atoms with Gasteiger partial charge < -0.3 is 5.32 Å². The Hall–Kier alpha value is -3.21. The first-order valence-corrected chi connectivity index (χ1v) is 14.5. The number of aryl methyl sites for hydroxylation is 2. The lowest BCUT2D eigenvalue weighted by Gasteiger charge is -2.24. The molecule has 190 valence electrons. The molecule has 10 heteroatoms. The molecule has 0 aliphatic carbocycles. The highest BCUT2D eigenvalue weighted by Gasteiger charge is 2.28. The molecule has 3 aromatic carbocycles. The standard InChI is InChI=1S/C26H29N3O5S2/c1-20-5-11-23(12-6-20)29(36(33,34)25-13-7-21(2)8-14-25)19-26(30)27-22-9-15-24(16-10-22)35(31,32)28-17-3-4-18-28/h5-16H,3-4,17-19H2,1-2H3,(H,27,30). The van der Waals surface area contributed by atoms with E-state index in [1.54, 1.807) is 36.4 Å². The summed E-state index contributed by atoms with van der Waals surface area (Å²) in [7, 11) is -7.58. The van der Waals surface area contributed by atoms with Crippen LogP contribution in [-0.2, 0) is 24.8 Å². The molecule has 0 aromatic heterocycles. The van der Waals surface area contributed by atoms with Gasteiger partial charge in [-0.25, -0.2) is 16.8 Å². The summed E-state index contributed by atoms with van der Waals surface area (Å²) in [6.07, 6.45) is 1.69. The Labute approximate surface area is 212 Å². The first kappa shape index (κ1) is 25.9. The highest BCUT2D eigenvalue weighted by molar-refractivity contribution is 7.92. The minimum Gasteiger partial charge on any atom is -0.325 e. The number of benzene rings is 3. The van der Waals surface area contributed by atoms with Crippen LogP contribution in [0, 0.1) is 13.8 Å². The maximum atomic E-state index is 13.5. The second-order valence-electron chi connectivity index (χ2n) is 8.84. The molecule has 1 fully saturated rings. The molecule has 4 rings (SSSR count). The van der Waals surface area contributed by atoms with Crippen LogP contribution in [0.15, 0.2) is 82.6 Å². The Morgan fingerprint density at radius 1 is 0.778 bits per heavy atom. The van der Waals surface area contributed by atoms with E-state index in [2.05, 4.69) is 5.32 Å². The minimum atomic E-state index is -4.02. The SMILES string of the molecule is Cc1ccc(N(CC(=O)Nc2ccc(S(=O)(=O)N3CCCC3)cc2)S(=O)(=O)c2ccc(C)cc2)cc1. The van der Waals surface area contributed by atoms with E-state index in [0.717, 1.165) is 28.3 Å². The summed E-state index contributed by atoms with van der Waals surface area (Å²) in [5.74, 6) is -0.554. The average molecular weight is 528 g/mol. The molecule has 1 N–H and O–H groups in total. The lowest BCUT2D eigenvalue weighted by Crippen LogP contribution is -2.38. The van der Waals surface area contributed by atoms with Crippen LogP contribution < -0.4 is 9.62 Å². The number of sulfonamides is 2. The van der Waals surface area contributed by atoms with Crippen LogP contribution in [0.2, 0.25) is 0 Å². The van der Waals surface area contributed by atoms with E-state index < -0.39 is 32.5 Å². The molecule has 1 aliphatic rings. The van der Waals surface area contributed by atoms with E-state index in [4.69, 9.17) is 0 Å². The quantitative estimate of drug-likeness (QED) is 0.478. The smallest absolute Gasteiger partial charge is 0.264 e. The fourth-order valence-corrected chi connectivity index (χ4v) is 6.92. The fourth-order valence-electron chi connectivity index (χ4n) is 3.98. The third-order valence-corrected chi connectivity index (χ3v) is 9.76. The number of rotatable bonds is 8. The number of hydrogen-bond donors (Lipinski definition) is 1. The molecule has 8 nitrogen and oxygen atoms in total. The van der Waals surface area contributed by atoms with Gasteiger partial charge in [-0.2, -0.15) is 4.31 Å². The molecular weight excluding hydrogens is 498 g/mol. The van der Waals surface area contributed by atoms with Crippen molar-refractivity contribution in [3.05, 3.63) is 83.9 Å². The molecule has 1 saturated heterocycles. The monoisotopic (exact) mass is 527 g/mol. The molecule has 0 unspecified atom stereocenters. The third kappa shape index (κ3) is 5.61. The van der Waals surface area contributed by atoms with Gasteiger partial charge in [-0.05, 0) is 75.2 Å². The van der Waals surface area contributed by atoms with E-state index in [9.17, 15) is 21.6 Å². The van der Waals surface area contributed by atoms with E-state index in [1.807, 2.05) is 13.8 Å². The van der Waals surface area contributed by atoms with Crippen molar-refractivity contribution in [3.8, 4) is 0 Å². The number of carbonyl (C=O) groups is 1. The Morgan fingerprint density at radius 2 is 1.28 bits per heavy atom. The van der Waals surface area contributed by atoms with E-state index in [-0.39, 0.29) is 9.79 Å². The van der Waals surface area contributed by atoms with Crippen molar-refractivity contribution in [2.45, 2.75) is 36.5 Å². The summed E-state index contributed by atoms with van der Waals surface area (Å²) in [6.45, 7) is 4.31. The molecule has 0 radical (unpaired) electrons. The van der Waals surface area contributed by atoms with Gasteiger partial charge in [0, 0.05) is 18.8 Å². The minimum absolute atomic E-state index is 0.0814. The largest absolute Gasteiger partial charge is 0.325 e. The van der Waals surface area contributed by atoms with Gasteiger partial charge in [-0.3, -0.25) is 9.10 Å². The van der Waals surface area contributed by atoms with Gasteiger partial charge in [-0.15, -0.1) is 0 Å². The number of nitrogens with one attached hydrogen (secondary N) is 1. The highest BCUT2D eigenvalue weighted by atomic mass is 32.2. The van der Waals surface area contributed by atoms with Crippen LogP contribution >= 0.6 is 0 Å². The zero-order valence-electron chi connectivity index (χ0n) is 20.2. The third-order valence-electron chi connectivity index (χ3n) is 6.06. The summed E-state index contributed by atoms with van der Waals surface area (Å²) in [6, 6.07) is 19.2. The van der Waals surface area contributed by atoms with Gasteiger partial charge in [0.2, 0.25) is 15.9 Å². The van der Waals surface area contributed by atoms with Crippen molar-refractivity contribution < 1.29 is 21.6 Å². The maximum Gasteiger partial charge on any atom is 0.264 e. The van der Waals surface area contributed by atoms with Crippen molar-refractivity contribution in [3.63, 3.8) is 0 Å². The molecule has 0 saturated carbocycles. The Balaban J connectivity index is 1.55. The van der Waals surface area contributed by atoms with Crippen molar-refractivity contribution >= 4 is 37.3 Å². The van der Waals surface area contributed by atoms with Crippen LogP contribution in [0.4, 0.5) is 11.4 Å². The van der Waals surface area contributed by atoms with E-state index in [0.29, 0.717) is 24.5 Å². The number of anilines is 2. The Kier molecular flexibility index (Phi) is 7.49. The number of nitrogens with zero attached hydrogens (tertiary/aromatic N) is 2. The number of amides is 1. The predicted molar refractivity (Wildman–Crippen MR) is 140 cm³/mol. The summed E-state index contributed by atoms with van der Waals surface area (Å²) in [4.78, 5) is 13.2. The fraction of sp³-hybridized carbons (Fsp3) is 0.269. The molecule has 1 heterocycles. The first-order chi connectivity index (χ1) is 17.1. The first-order valence-electron chi connectivity index (χ1n) is 11.6. The van der Waals surface area contributed by atoms with Gasteiger partial charge in [0.15, 0.2) is 0 Å². The highest BCUT2D eigenvalue weighted by Crippen LogP contribution is 2.25. The van der Waals surface area contributed by atoms with Gasteiger partial charge in [0.05, 0.1) is 15.5 Å². The lowest BCUT2D eigenvalue weighted by molar-refractivity contribution is -0.114. The van der Waals surface area contributed by atoms with Crippen LogP contribution in [0.1, 0.15) is 24.0 Å². The molecule has 0 spiro atoms. The van der Waals surface area contributed by atoms with E-state index >= 15 is 0 Å². The van der Waals surface area contributed by atoms with Crippen LogP contribution in [0.5, 0.6) is 0 Å². The maximum absolute atomic E-state index is 13.5. The topological polar surface area (TPSA) is 104 Å². The Bertz CT molecular complexity index is 1430. The van der Waals surface area contributed by atoms with Gasteiger partial charge in [0.1, 0.15) is 6.54 Å².